The molecule has 2 aromatic carbocycles. The van der Waals surface area contributed by atoms with E-state index in [0.717, 1.165) is 27.9 Å². The van der Waals surface area contributed by atoms with Gasteiger partial charge >= 0.3 is 0 Å². The third-order valence-electron chi connectivity index (χ3n) is 5.53. The second-order valence-corrected chi connectivity index (χ2v) is 10.7. The van der Waals surface area contributed by atoms with Crippen molar-refractivity contribution in [2.45, 2.75) is 10.8 Å². The molecule has 0 amide bonds. The molecule has 3 heterocycles. The van der Waals surface area contributed by atoms with Crippen molar-refractivity contribution in [1.29, 1.82) is 0 Å². The molecular weight excluding hydrogens is 435 g/mol. The molecule has 0 aliphatic carbocycles. The van der Waals surface area contributed by atoms with E-state index in [1.807, 2.05) is 30.3 Å². The number of nitrogens with zero attached hydrogens (tertiary/aromatic N) is 2. The van der Waals surface area contributed by atoms with E-state index in [1.54, 1.807) is 27.9 Å². The van der Waals surface area contributed by atoms with E-state index in [4.69, 9.17) is 4.42 Å². The van der Waals surface area contributed by atoms with E-state index >= 15 is 0 Å². The predicted molar refractivity (Wildman–Crippen MR) is 120 cm³/mol. The van der Waals surface area contributed by atoms with Crippen LogP contribution in [0.3, 0.4) is 0 Å². The smallest absolute Gasteiger partial charge is 0.252 e. The summed E-state index contributed by atoms with van der Waals surface area (Å²) in [5.74, 6) is 0.576. The summed E-state index contributed by atoms with van der Waals surface area (Å²) < 4.78 is 46.8. The lowest BCUT2D eigenvalue weighted by atomic mass is 10.0. The molecule has 0 atom stereocenters. The molecule has 5 nitrogen and oxygen atoms in total. The minimum absolute atomic E-state index is 0.259. The molecule has 1 fully saturated rings. The highest BCUT2D eigenvalue weighted by Gasteiger charge is 2.29. The molecule has 0 spiro atoms. The molecule has 0 N–H and O–H groups in total. The van der Waals surface area contributed by atoms with Gasteiger partial charge in [-0.2, -0.15) is 4.31 Å². The van der Waals surface area contributed by atoms with Gasteiger partial charge in [-0.25, -0.2) is 12.8 Å². The number of rotatable bonds is 5. The summed E-state index contributed by atoms with van der Waals surface area (Å²) >= 11 is 1.25. The molecule has 8 heteroatoms. The molecule has 0 unspecified atom stereocenters. The monoisotopic (exact) mass is 456 g/mol. The Bertz CT molecular complexity index is 1310. The van der Waals surface area contributed by atoms with Crippen molar-refractivity contribution in [3.63, 3.8) is 0 Å². The first-order valence-corrected chi connectivity index (χ1v) is 12.4. The van der Waals surface area contributed by atoms with Crippen molar-refractivity contribution < 1.29 is 17.2 Å². The maximum absolute atomic E-state index is 13.5. The van der Waals surface area contributed by atoms with Crippen molar-refractivity contribution >= 4 is 32.3 Å². The van der Waals surface area contributed by atoms with Crippen LogP contribution in [0.1, 0.15) is 5.76 Å². The van der Waals surface area contributed by atoms with Gasteiger partial charge in [0.2, 0.25) is 0 Å². The number of halogens is 1. The molecule has 31 heavy (non-hydrogen) atoms. The van der Waals surface area contributed by atoms with Crippen LogP contribution in [-0.4, -0.2) is 43.8 Å². The predicted octanol–water partition coefficient (Wildman–Crippen LogP) is 4.81. The molecule has 0 saturated carbocycles. The standard InChI is InChI=1S/C23H21FN2O3S2/c24-20-4-1-3-17(14-20)18-6-7-22-19(13-18)15-21(29-22)16-25-8-10-26(11-9-25)31(27,28)23-5-2-12-30-23/h1-7,12-15H,8-11,16H2. The van der Waals surface area contributed by atoms with Gasteiger partial charge in [0.1, 0.15) is 21.4 Å². The fourth-order valence-corrected chi connectivity index (χ4v) is 6.48. The van der Waals surface area contributed by atoms with Gasteiger partial charge in [0.05, 0.1) is 6.54 Å². The van der Waals surface area contributed by atoms with Crippen LogP contribution >= 0.6 is 11.3 Å². The minimum atomic E-state index is -3.39. The summed E-state index contributed by atoms with van der Waals surface area (Å²) in [5, 5.41) is 2.75. The van der Waals surface area contributed by atoms with Crippen LogP contribution < -0.4 is 0 Å². The van der Waals surface area contributed by atoms with Crippen LogP contribution in [0.25, 0.3) is 22.1 Å². The average Bonchev–Trinajstić information content (AvgIpc) is 3.44. The Morgan fingerprint density at radius 3 is 2.48 bits per heavy atom. The van der Waals surface area contributed by atoms with E-state index in [2.05, 4.69) is 4.90 Å². The molecule has 5 rings (SSSR count). The quantitative estimate of drug-likeness (QED) is 0.433. The Morgan fingerprint density at radius 2 is 1.74 bits per heavy atom. The van der Waals surface area contributed by atoms with Gasteiger partial charge in [-0.1, -0.05) is 24.3 Å². The molecule has 4 aromatic rings. The molecule has 2 aromatic heterocycles. The molecule has 1 aliphatic heterocycles. The van der Waals surface area contributed by atoms with Gasteiger partial charge in [-0.3, -0.25) is 4.90 Å². The SMILES string of the molecule is O=S(=O)(c1cccs1)N1CCN(Cc2cc3cc(-c4cccc(F)c4)ccc3o2)CC1. The first-order valence-electron chi connectivity index (χ1n) is 10.0. The zero-order valence-corrected chi connectivity index (χ0v) is 18.3. The van der Waals surface area contributed by atoms with Gasteiger partial charge in [-0.15, -0.1) is 11.3 Å². The van der Waals surface area contributed by atoms with Crippen LogP contribution in [0, 0.1) is 5.82 Å². The van der Waals surface area contributed by atoms with E-state index in [9.17, 15) is 12.8 Å². The molecule has 160 valence electrons. The number of hydrogen-bond donors (Lipinski definition) is 0. The molecule has 1 aliphatic rings. The lowest BCUT2D eigenvalue weighted by Gasteiger charge is -2.33. The van der Waals surface area contributed by atoms with Gasteiger partial charge in [0.15, 0.2) is 0 Å². The third kappa shape index (κ3) is 4.16. The Morgan fingerprint density at radius 1 is 0.935 bits per heavy atom. The fraction of sp³-hybridized carbons (Fsp3) is 0.217. The van der Waals surface area contributed by atoms with Crippen molar-refractivity contribution in [2.75, 3.05) is 26.2 Å². The van der Waals surface area contributed by atoms with Gasteiger partial charge in [0.25, 0.3) is 10.0 Å². The van der Waals surface area contributed by atoms with Crippen molar-refractivity contribution in [3.8, 4) is 11.1 Å². The third-order valence-corrected chi connectivity index (χ3v) is 8.80. The highest BCUT2D eigenvalue weighted by Crippen LogP contribution is 2.28. The van der Waals surface area contributed by atoms with Crippen molar-refractivity contribution in [2.24, 2.45) is 0 Å². The molecule has 1 saturated heterocycles. The van der Waals surface area contributed by atoms with Crippen LogP contribution in [0.4, 0.5) is 4.39 Å². The lowest BCUT2D eigenvalue weighted by molar-refractivity contribution is 0.172. The highest BCUT2D eigenvalue weighted by atomic mass is 32.2. The Balaban J connectivity index is 1.27. The van der Waals surface area contributed by atoms with E-state index in [0.29, 0.717) is 36.9 Å². The van der Waals surface area contributed by atoms with E-state index < -0.39 is 10.0 Å². The van der Waals surface area contributed by atoms with Crippen molar-refractivity contribution in [1.82, 2.24) is 9.21 Å². The van der Waals surface area contributed by atoms with Gasteiger partial charge in [-0.05, 0) is 52.9 Å². The average molecular weight is 457 g/mol. The number of furan rings is 1. The maximum Gasteiger partial charge on any atom is 0.252 e. The summed E-state index contributed by atoms with van der Waals surface area (Å²) in [6.07, 6.45) is 0. The normalized spacial score (nSPS) is 16.2. The second-order valence-electron chi connectivity index (χ2n) is 7.59. The second kappa shape index (κ2) is 8.20. The van der Waals surface area contributed by atoms with E-state index in [1.165, 1.54) is 23.5 Å². The summed E-state index contributed by atoms with van der Waals surface area (Å²) in [5.41, 5.74) is 2.55. The Labute approximate surface area is 184 Å². The number of hydrogen-bond acceptors (Lipinski definition) is 5. The molecule has 0 bridgehead atoms. The molecular formula is C23H21FN2O3S2. The Hall–Kier alpha value is -2.52. The minimum Gasteiger partial charge on any atom is -0.460 e. The summed E-state index contributed by atoms with van der Waals surface area (Å²) in [7, 11) is -3.39. The summed E-state index contributed by atoms with van der Waals surface area (Å²) in [6, 6.07) is 17.8. The lowest BCUT2D eigenvalue weighted by Crippen LogP contribution is -2.47. The summed E-state index contributed by atoms with van der Waals surface area (Å²) in [6.45, 7) is 2.84. The molecule has 0 radical (unpaired) electrons. The maximum atomic E-state index is 13.5. The number of thiophene rings is 1. The Kier molecular flexibility index (Phi) is 5.39. The topological polar surface area (TPSA) is 53.8 Å². The van der Waals surface area contributed by atoms with Crippen LogP contribution in [0.15, 0.2) is 74.7 Å². The van der Waals surface area contributed by atoms with Crippen LogP contribution in [-0.2, 0) is 16.6 Å². The number of piperazine rings is 1. The zero-order valence-electron chi connectivity index (χ0n) is 16.7. The van der Waals surface area contributed by atoms with Crippen LogP contribution in [0.5, 0.6) is 0 Å². The van der Waals surface area contributed by atoms with Crippen LogP contribution in [0.2, 0.25) is 0 Å². The zero-order chi connectivity index (χ0) is 21.4. The summed E-state index contributed by atoms with van der Waals surface area (Å²) in [4.78, 5) is 2.20. The first kappa shape index (κ1) is 20.4. The number of sulfonamides is 1. The van der Waals surface area contributed by atoms with Gasteiger partial charge < -0.3 is 4.42 Å². The van der Waals surface area contributed by atoms with Gasteiger partial charge in [0, 0.05) is 31.6 Å². The van der Waals surface area contributed by atoms with Crippen molar-refractivity contribution in [3.05, 3.63) is 77.6 Å². The highest BCUT2D eigenvalue weighted by molar-refractivity contribution is 7.91. The first-order chi connectivity index (χ1) is 15.0. The number of fused-ring (bicyclic) bond motifs is 1. The van der Waals surface area contributed by atoms with E-state index in [-0.39, 0.29) is 5.82 Å². The number of benzene rings is 2. The fourth-order valence-electron chi connectivity index (χ4n) is 3.91. The largest absolute Gasteiger partial charge is 0.460 e.